The summed E-state index contributed by atoms with van der Waals surface area (Å²) in [5.74, 6) is 0. The van der Waals surface area contributed by atoms with E-state index in [2.05, 4.69) is 77.9 Å². The number of alkyl halides is 1. The molecule has 0 aliphatic carbocycles. The molecule has 0 spiro atoms. The normalized spacial score (nSPS) is 14.2. The zero-order chi connectivity index (χ0) is 15.8. The van der Waals surface area contributed by atoms with Crippen LogP contribution < -0.4 is 0 Å². The summed E-state index contributed by atoms with van der Waals surface area (Å²) in [6, 6.07) is 13.1. The van der Waals surface area contributed by atoms with Crippen molar-refractivity contribution in [3.8, 4) is 0 Å². The number of halogens is 1. The van der Waals surface area contributed by atoms with Crippen molar-refractivity contribution in [3.63, 3.8) is 0 Å². The van der Waals surface area contributed by atoms with Crippen LogP contribution in [0.2, 0.25) is 0 Å². The van der Waals surface area contributed by atoms with Crippen LogP contribution in [0.1, 0.15) is 67.8 Å². The molecule has 1 unspecified atom stereocenters. The maximum atomic E-state index is 6.67. The van der Waals surface area contributed by atoms with Gasteiger partial charge in [-0.3, -0.25) is 0 Å². The third-order valence-corrected chi connectivity index (χ3v) is 5.88. The van der Waals surface area contributed by atoms with E-state index in [0.29, 0.717) is 0 Å². The average Bonchev–Trinajstić information content (AvgIpc) is 2.86. The quantitative estimate of drug-likeness (QED) is 0.542. The van der Waals surface area contributed by atoms with Gasteiger partial charge in [0.2, 0.25) is 0 Å². The van der Waals surface area contributed by atoms with Crippen molar-refractivity contribution in [2.24, 2.45) is 0 Å². The molecule has 1 heterocycles. The molecule has 0 fully saturated rings. The lowest BCUT2D eigenvalue weighted by Crippen LogP contribution is -2.10. The topological polar surface area (TPSA) is 0 Å². The summed E-state index contributed by atoms with van der Waals surface area (Å²) in [6.07, 6.45) is 0. The molecule has 114 valence electrons. The highest BCUT2D eigenvalue weighted by Gasteiger charge is 2.20. The van der Waals surface area contributed by atoms with E-state index >= 15 is 0 Å². The van der Waals surface area contributed by atoms with Gasteiger partial charge in [-0.1, -0.05) is 65.8 Å². The molecule has 1 atom stereocenters. The molecular weight excluding hydrogens is 296 g/mol. The highest BCUT2D eigenvalue weighted by atomic mass is 35.5. The van der Waals surface area contributed by atoms with Crippen molar-refractivity contribution in [2.45, 2.75) is 57.7 Å². The Balaban J connectivity index is 2.24. The summed E-state index contributed by atoms with van der Waals surface area (Å²) in [7, 11) is 0. The van der Waals surface area contributed by atoms with Crippen molar-refractivity contribution in [3.05, 3.63) is 57.3 Å². The van der Waals surface area contributed by atoms with E-state index in [0.717, 1.165) is 0 Å². The largest absolute Gasteiger partial charge is 0.143 e. The first-order valence-corrected chi connectivity index (χ1v) is 8.69. The van der Waals surface area contributed by atoms with Crippen LogP contribution in [0.5, 0.6) is 0 Å². The zero-order valence-corrected chi connectivity index (χ0v) is 15.4. The van der Waals surface area contributed by atoms with Crippen molar-refractivity contribution in [1.29, 1.82) is 0 Å². The molecule has 0 N–H and O–H groups in total. The predicted octanol–water partition coefficient (Wildman–Crippen LogP) is 6.67. The lowest BCUT2D eigenvalue weighted by Gasteiger charge is -2.20. The maximum absolute atomic E-state index is 6.67. The monoisotopic (exact) mass is 320 g/mol. The molecule has 0 saturated heterocycles. The summed E-state index contributed by atoms with van der Waals surface area (Å²) in [6.45, 7) is 13.4. The molecule has 0 radical (unpaired) electrons. The second-order valence-electron chi connectivity index (χ2n) is 7.69. The van der Waals surface area contributed by atoms with E-state index in [1.807, 2.05) is 11.3 Å². The molecule has 2 heteroatoms. The van der Waals surface area contributed by atoms with Crippen molar-refractivity contribution < 1.29 is 0 Å². The van der Waals surface area contributed by atoms with Gasteiger partial charge >= 0.3 is 0 Å². The minimum atomic E-state index is -0.0554. The Bertz CT molecular complexity index is 594. The molecule has 2 rings (SSSR count). The molecule has 1 aromatic heterocycles. The highest BCUT2D eigenvalue weighted by molar-refractivity contribution is 7.12. The highest BCUT2D eigenvalue weighted by Crippen LogP contribution is 2.38. The summed E-state index contributed by atoms with van der Waals surface area (Å²) in [5, 5.41) is -0.0554. The van der Waals surface area contributed by atoms with Gasteiger partial charge in [-0.05, 0) is 34.1 Å². The fourth-order valence-electron chi connectivity index (χ4n) is 2.21. The SMILES string of the molecule is CC(C)(C)c1ccc(C(Cl)c2ccc(C(C)(C)C)s2)cc1. The summed E-state index contributed by atoms with van der Waals surface area (Å²) < 4.78 is 0. The fraction of sp³-hybridized carbons (Fsp3) is 0.474. The minimum Gasteiger partial charge on any atom is -0.143 e. The zero-order valence-electron chi connectivity index (χ0n) is 13.8. The van der Waals surface area contributed by atoms with Crippen molar-refractivity contribution >= 4 is 22.9 Å². The van der Waals surface area contributed by atoms with Gasteiger partial charge in [-0.2, -0.15) is 0 Å². The lowest BCUT2D eigenvalue weighted by molar-refractivity contribution is 0.590. The van der Waals surface area contributed by atoms with Crippen LogP contribution in [0.25, 0.3) is 0 Å². The first-order chi connectivity index (χ1) is 9.59. The fourth-order valence-corrected chi connectivity index (χ4v) is 3.63. The van der Waals surface area contributed by atoms with Crippen LogP contribution in [-0.4, -0.2) is 0 Å². The van der Waals surface area contributed by atoms with Gasteiger partial charge in [-0.25, -0.2) is 0 Å². The van der Waals surface area contributed by atoms with E-state index in [4.69, 9.17) is 11.6 Å². The molecular formula is C19H25ClS. The van der Waals surface area contributed by atoms with Gasteiger partial charge < -0.3 is 0 Å². The molecule has 0 amide bonds. The van der Waals surface area contributed by atoms with Gasteiger partial charge in [0.05, 0.1) is 5.38 Å². The molecule has 2 aromatic rings. The standard InChI is InChI=1S/C19H25ClS/c1-18(2,3)14-9-7-13(8-10-14)17(20)15-11-12-16(21-15)19(4,5)6/h7-12,17H,1-6H3. The molecule has 0 aliphatic heterocycles. The minimum absolute atomic E-state index is 0.0554. The predicted molar refractivity (Wildman–Crippen MR) is 95.9 cm³/mol. The third-order valence-electron chi connectivity index (χ3n) is 3.69. The number of rotatable bonds is 2. The van der Waals surface area contributed by atoms with Gasteiger partial charge in [0, 0.05) is 9.75 Å². The van der Waals surface area contributed by atoms with Crippen LogP contribution >= 0.6 is 22.9 Å². The Morgan fingerprint density at radius 3 is 1.81 bits per heavy atom. The first-order valence-electron chi connectivity index (χ1n) is 7.44. The molecule has 1 aromatic carbocycles. The first kappa shape index (κ1) is 16.6. The molecule has 0 aliphatic rings. The van der Waals surface area contributed by atoms with E-state index in [9.17, 15) is 0 Å². The summed E-state index contributed by atoms with van der Waals surface area (Å²) in [4.78, 5) is 2.61. The van der Waals surface area contributed by atoms with Crippen LogP contribution in [0, 0.1) is 0 Å². The van der Waals surface area contributed by atoms with E-state index in [1.165, 1.54) is 20.9 Å². The second kappa shape index (κ2) is 5.78. The number of thiophene rings is 1. The van der Waals surface area contributed by atoms with Gasteiger partial charge in [-0.15, -0.1) is 22.9 Å². The van der Waals surface area contributed by atoms with Crippen LogP contribution in [0.3, 0.4) is 0 Å². The molecule has 21 heavy (non-hydrogen) atoms. The Kier molecular flexibility index (Phi) is 4.56. The molecule has 0 nitrogen and oxygen atoms in total. The summed E-state index contributed by atoms with van der Waals surface area (Å²) in [5.41, 5.74) is 2.89. The van der Waals surface area contributed by atoms with Crippen LogP contribution in [-0.2, 0) is 10.8 Å². The Morgan fingerprint density at radius 1 is 0.810 bits per heavy atom. The number of benzene rings is 1. The van der Waals surface area contributed by atoms with E-state index < -0.39 is 0 Å². The van der Waals surface area contributed by atoms with Crippen LogP contribution in [0.4, 0.5) is 0 Å². The van der Waals surface area contributed by atoms with Gasteiger partial charge in [0.15, 0.2) is 0 Å². The molecule has 0 bridgehead atoms. The summed E-state index contributed by atoms with van der Waals surface area (Å²) >= 11 is 8.49. The lowest BCUT2D eigenvalue weighted by atomic mass is 9.86. The van der Waals surface area contributed by atoms with Crippen molar-refractivity contribution in [1.82, 2.24) is 0 Å². The molecule has 0 saturated carbocycles. The van der Waals surface area contributed by atoms with Gasteiger partial charge in [0.25, 0.3) is 0 Å². The van der Waals surface area contributed by atoms with E-state index in [-0.39, 0.29) is 16.2 Å². The Labute approximate surface area is 138 Å². The maximum Gasteiger partial charge on any atom is 0.0927 e. The number of hydrogen-bond donors (Lipinski definition) is 0. The van der Waals surface area contributed by atoms with Gasteiger partial charge in [0.1, 0.15) is 0 Å². The third kappa shape index (κ3) is 3.90. The van der Waals surface area contributed by atoms with Crippen molar-refractivity contribution in [2.75, 3.05) is 0 Å². The van der Waals surface area contributed by atoms with E-state index in [1.54, 1.807) is 0 Å². The smallest absolute Gasteiger partial charge is 0.0927 e. The van der Waals surface area contributed by atoms with Crippen LogP contribution in [0.15, 0.2) is 36.4 Å². The Morgan fingerprint density at radius 2 is 1.38 bits per heavy atom. The number of hydrogen-bond acceptors (Lipinski definition) is 1. The second-order valence-corrected chi connectivity index (χ2v) is 9.24. The Hall–Kier alpha value is -0.790. The average molecular weight is 321 g/mol.